The molecule has 3 aliphatic carbocycles. The number of fused-ring (bicyclic) bond motifs is 3. The number of unbranched alkanes of at least 4 members (excludes halogenated alkanes) is 2. The highest BCUT2D eigenvalue weighted by molar-refractivity contribution is 6.03. The predicted octanol–water partition coefficient (Wildman–Crippen LogP) is 11.9. The van der Waals surface area contributed by atoms with E-state index in [4.69, 9.17) is 28.9 Å². The molecule has 0 spiro atoms. The van der Waals surface area contributed by atoms with Crippen LogP contribution in [-0.4, -0.2) is 71.3 Å². The van der Waals surface area contributed by atoms with Crippen molar-refractivity contribution in [2.24, 2.45) is 28.8 Å². The number of carbonyl (C=O) groups is 1. The second-order valence-electron chi connectivity index (χ2n) is 19.5. The van der Waals surface area contributed by atoms with E-state index < -0.39 is 24.0 Å². The standard InChI is InChI=1S/C59H66N2O8/c1-2-34-66-59-54(61(58(64)43-24-25-43)39-45-20-14-19-42-17-6-7-21-48(42)45)38-52(60-69-55-23-10-13-35-65-55)50-36-44(18-8-11-32-62)49(22-9-12-33-63)56(57(50)59)51-37-47(30-31-53(51)68-59)67-46-28-26-41(27-29-46)40-15-4-3-5-16-40/h2-7,14-17,19-21,26-31,36-37,43-44,49,54-57,62-63H,1,8-13,18,22-25,32-35,38-39H2. The highest BCUT2D eigenvalue weighted by atomic mass is 16.8. The van der Waals surface area contributed by atoms with Gasteiger partial charge >= 0.3 is 0 Å². The molecule has 69 heavy (non-hydrogen) atoms. The molecular formula is C59H66N2O8. The molecule has 3 fully saturated rings. The summed E-state index contributed by atoms with van der Waals surface area (Å²) in [5, 5.41) is 27.5. The molecule has 10 heteroatoms. The zero-order valence-electron chi connectivity index (χ0n) is 39.6. The molecular weight excluding hydrogens is 865 g/mol. The van der Waals surface area contributed by atoms with Crippen molar-refractivity contribution in [1.29, 1.82) is 0 Å². The molecule has 5 aliphatic rings. The van der Waals surface area contributed by atoms with Crippen molar-refractivity contribution in [1.82, 2.24) is 4.90 Å². The SMILES string of the molecule is C=CCOC12Oc3ccc(Oc4ccc(-c5ccccc5)cc4)cc3C3C(CCCCO)C(CCCCO)C=C(C(=NOC4CCCCO4)CC1N(Cc1cccc4ccccc14)C(=O)C1CC1)C32. The van der Waals surface area contributed by atoms with Gasteiger partial charge in [-0.2, -0.15) is 0 Å². The summed E-state index contributed by atoms with van der Waals surface area (Å²) >= 11 is 0. The van der Waals surface area contributed by atoms with E-state index in [-0.39, 0.29) is 49.4 Å². The summed E-state index contributed by atoms with van der Waals surface area (Å²) < 4.78 is 27.7. The number of rotatable bonds is 20. The molecule has 0 bridgehead atoms. The Bertz CT molecular complexity index is 2620. The molecule has 1 amide bonds. The number of carbonyl (C=O) groups excluding carboxylic acids is 1. The van der Waals surface area contributed by atoms with Crippen LogP contribution in [0.1, 0.15) is 94.1 Å². The minimum atomic E-state index is -1.37. The fourth-order valence-corrected chi connectivity index (χ4v) is 11.6. The number of oxime groups is 1. The second kappa shape index (κ2) is 21.5. The van der Waals surface area contributed by atoms with Crippen molar-refractivity contribution >= 4 is 22.4 Å². The average molecular weight is 931 g/mol. The van der Waals surface area contributed by atoms with E-state index in [1.807, 2.05) is 48.5 Å². The van der Waals surface area contributed by atoms with Gasteiger partial charge < -0.3 is 38.9 Å². The number of aliphatic hydroxyl groups excluding tert-OH is 2. The Balaban J connectivity index is 1.14. The number of nitrogens with zero attached hydrogens (tertiary/aromatic N) is 2. The van der Waals surface area contributed by atoms with Crippen molar-refractivity contribution in [2.75, 3.05) is 26.4 Å². The summed E-state index contributed by atoms with van der Waals surface area (Å²) in [5.74, 6) is 0.271. The van der Waals surface area contributed by atoms with Crippen molar-refractivity contribution in [3.8, 4) is 28.4 Å². The first-order valence-corrected chi connectivity index (χ1v) is 25.4. The van der Waals surface area contributed by atoms with E-state index in [9.17, 15) is 10.2 Å². The van der Waals surface area contributed by atoms with E-state index >= 15 is 4.79 Å². The zero-order chi connectivity index (χ0) is 47.2. The quantitative estimate of drug-likeness (QED) is 0.0450. The van der Waals surface area contributed by atoms with Crippen molar-refractivity contribution in [3.05, 3.63) is 151 Å². The summed E-state index contributed by atoms with van der Waals surface area (Å²) in [6.45, 7) is 5.53. The predicted molar refractivity (Wildman–Crippen MR) is 269 cm³/mol. The lowest BCUT2D eigenvalue weighted by atomic mass is 9.55. The largest absolute Gasteiger partial charge is 0.459 e. The lowest BCUT2D eigenvalue weighted by molar-refractivity contribution is -0.258. The molecule has 360 valence electrons. The maximum absolute atomic E-state index is 15.2. The topological polar surface area (TPSA) is 119 Å². The summed E-state index contributed by atoms with van der Waals surface area (Å²) in [7, 11) is 0. The van der Waals surface area contributed by atoms with Crippen LogP contribution in [0.25, 0.3) is 21.9 Å². The van der Waals surface area contributed by atoms with E-state index in [1.54, 1.807) is 6.08 Å². The number of aliphatic hydroxyl groups is 2. The molecule has 10 nitrogen and oxygen atoms in total. The van der Waals surface area contributed by atoms with E-state index in [1.165, 1.54) is 0 Å². The van der Waals surface area contributed by atoms with Crippen molar-refractivity contribution in [2.45, 2.75) is 108 Å². The van der Waals surface area contributed by atoms with Crippen LogP contribution in [0.15, 0.2) is 145 Å². The molecule has 2 saturated carbocycles. The Kier molecular flexibility index (Phi) is 14.6. The van der Waals surface area contributed by atoms with Gasteiger partial charge in [-0.25, -0.2) is 0 Å². The molecule has 2 heterocycles. The van der Waals surface area contributed by atoms with Crippen molar-refractivity contribution < 1.29 is 38.8 Å². The summed E-state index contributed by atoms with van der Waals surface area (Å²) in [6.07, 6.45) is 13.2. The minimum Gasteiger partial charge on any atom is -0.459 e. The molecule has 2 N–H and O–H groups in total. The van der Waals surface area contributed by atoms with E-state index in [0.29, 0.717) is 43.9 Å². The number of ether oxygens (including phenoxy) is 4. The highest BCUT2D eigenvalue weighted by Gasteiger charge is 2.66. The monoisotopic (exact) mass is 930 g/mol. The third kappa shape index (κ3) is 10.00. The lowest BCUT2D eigenvalue weighted by Crippen LogP contribution is -2.70. The van der Waals surface area contributed by atoms with Gasteiger partial charge in [0.25, 0.3) is 0 Å². The van der Waals surface area contributed by atoms with Gasteiger partial charge in [-0.15, -0.1) is 6.58 Å². The Morgan fingerprint density at radius 2 is 1.58 bits per heavy atom. The van der Waals surface area contributed by atoms with Crippen LogP contribution in [0.5, 0.6) is 17.2 Å². The maximum atomic E-state index is 15.2. The van der Waals surface area contributed by atoms with E-state index in [0.717, 1.165) is 108 Å². The number of allylic oxidation sites excluding steroid dienone is 1. The van der Waals surface area contributed by atoms with Gasteiger partial charge in [0.05, 0.1) is 24.8 Å². The first-order valence-electron chi connectivity index (χ1n) is 25.4. The normalized spacial score (nSPS) is 25.5. The van der Waals surface area contributed by atoms with Gasteiger partial charge in [0.15, 0.2) is 0 Å². The number of hydrogen-bond donors (Lipinski definition) is 2. The number of hydrogen-bond acceptors (Lipinski definition) is 9. The molecule has 5 aromatic rings. The molecule has 10 rings (SSSR count). The van der Waals surface area contributed by atoms with Crippen LogP contribution in [-0.2, 0) is 25.7 Å². The van der Waals surface area contributed by atoms with Gasteiger partial charge in [0.2, 0.25) is 18.0 Å². The van der Waals surface area contributed by atoms with Gasteiger partial charge in [0.1, 0.15) is 23.3 Å². The van der Waals surface area contributed by atoms with Crippen molar-refractivity contribution in [3.63, 3.8) is 0 Å². The molecule has 2 aliphatic heterocycles. The lowest BCUT2D eigenvalue weighted by Gasteiger charge is -2.60. The van der Waals surface area contributed by atoms with E-state index in [2.05, 4.69) is 84.3 Å². The van der Waals surface area contributed by atoms with Gasteiger partial charge in [-0.1, -0.05) is 115 Å². The smallest absolute Gasteiger partial charge is 0.239 e. The Morgan fingerprint density at radius 1 is 0.826 bits per heavy atom. The molecule has 7 atom stereocenters. The zero-order valence-corrected chi connectivity index (χ0v) is 39.6. The first kappa shape index (κ1) is 46.9. The third-order valence-corrected chi connectivity index (χ3v) is 15.1. The Labute approximate surface area is 406 Å². The number of amides is 1. The second-order valence-corrected chi connectivity index (χ2v) is 19.5. The summed E-state index contributed by atoms with van der Waals surface area (Å²) in [5.41, 5.74) is 6.07. The van der Waals surface area contributed by atoms with Crippen LogP contribution in [0, 0.1) is 23.7 Å². The summed E-state index contributed by atoms with van der Waals surface area (Å²) in [6, 6.07) is 38.7. The Morgan fingerprint density at radius 3 is 2.35 bits per heavy atom. The molecule has 5 aromatic carbocycles. The molecule has 7 unspecified atom stereocenters. The highest BCUT2D eigenvalue weighted by Crippen LogP contribution is 2.62. The third-order valence-electron chi connectivity index (χ3n) is 15.1. The maximum Gasteiger partial charge on any atom is 0.239 e. The molecule has 1 saturated heterocycles. The number of benzene rings is 5. The Hall–Kier alpha value is -5.78. The molecule has 0 radical (unpaired) electrons. The van der Waals surface area contributed by atoms with Crippen LogP contribution in [0.3, 0.4) is 0 Å². The fraction of sp³-hybridized carbons (Fsp3) is 0.424. The van der Waals surface area contributed by atoms with Crippen LogP contribution in [0.2, 0.25) is 0 Å². The van der Waals surface area contributed by atoms with Crippen LogP contribution in [0.4, 0.5) is 0 Å². The summed E-state index contributed by atoms with van der Waals surface area (Å²) in [4.78, 5) is 23.7. The first-order chi connectivity index (χ1) is 34.0. The van der Waals surface area contributed by atoms with Gasteiger partial charge in [0, 0.05) is 50.0 Å². The van der Waals surface area contributed by atoms with Gasteiger partial charge in [-0.05, 0) is 127 Å². The van der Waals surface area contributed by atoms with Crippen LogP contribution >= 0.6 is 0 Å². The van der Waals surface area contributed by atoms with Crippen LogP contribution < -0.4 is 9.47 Å². The average Bonchev–Trinajstić information content (AvgIpc) is 4.25. The molecule has 0 aromatic heterocycles. The fourth-order valence-electron chi connectivity index (χ4n) is 11.6. The minimum absolute atomic E-state index is 0.0759. The van der Waals surface area contributed by atoms with Gasteiger partial charge in [-0.3, -0.25) is 4.79 Å².